The monoisotopic (exact) mass is 431 g/mol. The molecule has 2 rings (SSSR count). The number of ether oxygens (including phenoxy) is 1. The van der Waals surface area contributed by atoms with Gasteiger partial charge in [-0.15, -0.1) is 11.3 Å². The number of amides is 1. The van der Waals surface area contributed by atoms with Gasteiger partial charge in [-0.05, 0) is 48.7 Å². The average Bonchev–Trinajstić information content (AvgIpc) is 2.89. The largest absolute Gasteiger partial charge is 0.444 e. The van der Waals surface area contributed by atoms with E-state index in [1.165, 1.54) is 4.88 Å². The van der Waals surface area contributed by atoms with Gasteiger partial charge in [-0.1, -0.05) is 19.0 Å². The molecule has 6 nitrogen and oxygen atoms in total. The fraction of sp³-hybridized carbons (Fsp3) is 0.647. The molecule has 0 unspecified atom stereocenters. The number of rotatable bonds is 2. The molecule has 0 spiro atoms. The zero-order valence-electron chi connectivity index (χ0n) is 15.4. The molecule has 25 heavy (non-hydrogen) atoms. The molecule has 1 saturated heterocycles. The minimum absolute atomic E-state index is 0.297. The third kappa shape index (κ3) is 5.10. The van der Waals surface area contributed by atoms with Crippen molar-refractivity contribution in [3.8, 4) is 0 Å². The van der Waals surface area contributed by atoms with E-state index >= 15 is 0 Å². The number of carbonyl (C=O) groups excluding carboxylic acids is 1. The zero-order chi connectivity index (χ0) is 18.8. The molecule has 1 N–H and O–H groups in total. The van der Waals surface area contributed by atoms with E-state index in [-0.39, 0.29) is 6.09 Å². The van der Waals surface area contributed by atoms with Gasteiger partial charge >= 0.3 is 6.09 Å². The number of halogens is 1. The van der Waals surface area contributed by atoms with E-state index < -0.39 is 5.60 Å². The third-order valence-electron chi connectivity index (χ3n) is 3.80. The van der Waals surface area contributed by atoms with Gasteiger partial charge in [0.1, 0.15) is 5.60 Å². The van der Waals surface area contributed by atoms with Gasteiger partial charge in [-0.2, -0.15) is 0 Å². The van der Waals surface area contributed by atoms with E-state index in [9.17, 15) is 10.0 Å². The summed E-state index contributed by atoms with van der Waals surface area (Å²) in [6, 6.07) is 2.08. The second-order valence-corrected chi connectivity index (χ2v) is 9.30. The smallest absolute Gasteiger partial charge is 0.410 e. The van der Waals surface area contributed by atoms with Crippen LogP contribution in [0, 0.1) is 0 Å². The van der Waals surface area contributed by atoms with Crippen molar-refractivity contribution in [2.45, 2.75) is 46.1 Å². The number of piperazine rings is 1. The maximum atomic E-state index is 12.2. The summed E-state index contributed by atoms with van der Waals surface area (Å²) in [5.41, 5.74) is -0.499. The lowest BCUT2D eigenvalue weighted by atomic mass is 10.2. The van der Waals surface area contributed by atoms with Crippen molar-refractivity contribution in [2.24, 2.45) is 5.16 Å². The average molecular weight is 432 g/mol. The van der Waals surface area contributed by atoms with Gasteiger partial charge < -0.3 is 19.7 Å². The quantitative estimate of drug-likeness (QED) is 0.327. The number of hydrogen-bond donors (Lipinski definition) is 1. The number of thiophene rings is 1. The van der Waals surface area contributed by atoms with Crippen LogP contribution in [0.1, 0.15) is 50.3 Å². The first-order chi connectivity index (χ1) is 11.6. The summed E-state index contributed by atoms with van der Waals surface area (Å²) in [4.78, 5) is 18.0. The van der Waals surface area contributed by atoms with Crippen molar-refractivity contribution in [3.63, 3.8) is 0 Å². The third-order valence-corrected chi connectivity index (χ3v) is 6.12. The van der Waals surface area contributed by atoms with E-state index in [2.05, 4.69) is 41.0 Å². The van der Waals surface area contributed by atoms with Crippen LogP contribution in [0.15, 0.2) is 15.7 Å². The maximum Gasteiger partial charge on any atom is 0.410 e. The lowest BCUT2D eigenvalue weighted by Crippen LogP contribution is -2.51. The molecule has 1 aliphatic heterocycles. The Labute approximate surface area is 161 Å². The number of amidine groups is 1. The predicted molar refractivity (Wildman–Crippen MR) is 104 cm³/mol. The molecule has 2 heterocycles. The molecule has 0 aromatic carbocycles. The maximum absolute atomic E-state index is 12.2. The molecule has 8 heteroatoms. The molecule has 140 valence electrons. The van der Waals surface area contributed by atoms with Gasteiger partial charge in [0.15, 0.2) is 5.84 Å². The highest BCUT2D eigenvalue weighted by Crippen LogP contribution is 2.33. The fourth-order valence-corrected chi connectivity index (χ4v) is 4.39. The van der Waals surface area contributed by atoms with Crippen molar-refractivity contribution < 1.29 is 14.7 Å². The van der Waals surface area contributed by atoms with Crippen LogP contribution in [0.4, 0.5) is 4.79 Å². The number of hydrogen-bond acceptors (Lipinski definition) is 5. The Bertz CT molecular complexity index is 644. The summed E-state index contributed by atoms with van der Waals surface area (Å²) >= 11 is 5.19. The number of nitrogens with zero attached hydrogens (tertiary/aromatic N) is 3. The van der Waals surface area contributed by atoms with Crippen LogP contribution in [0.3, 0.4) is 0 Å². The Morgan fingerprint density at radius 3 is 2.28 bits per heavy atom. The van der Waals surface area contributed by atoms with Crippen LogP contribution in [0.5, 0.6) is 0 Å². The van der Waals surface area contributed by atoms with Crippen molar-refractivity contribution in [1.82, 2.24) is 9.80 Å². The van der Waals surface area contributed by atoms with E-state index in [0.29, 0.717) is 37.9 Å². The first-order valence-corrected chi connectivity index (χ1v) is 9.98. The number of carbonyl (C=O) groups is 1. The Morgan fingerprint density at radius 1 is 1.28 bits per heavy atom. The van der Waals surface area contributed by atoms with Gasteiger partial charge in [0, 0.05) is 35.5 Å². The van der Waals surface area contributed by atoms with Crippen LogP contribution >= 0.6 is 27.3 Å². The first kappa shape index (κ1) is 20.0. The van der Waals surface area contributed by atoms with E-state index in [1.807, 2.05) is 25.7 Å². The molecule has 1 aromatic heterocycles. The highest BCUT2D eigenvalue weighted by molar-refractivity contribution is 9.10. The fourth-order valence-electron chi connectivity index (χ4n) is 2.50. The van der Waals surface area contributed by atoms with Crippen LogP contribution in [0.2, 0.25) is 0 Å². The topological polar surface area (TPSA) is 65.4 Å². The van der Waals surface area contributed by atoms with Crippen molar-refractivity contribution in [3.05, 3.63) is 20.3 Å². The van der Waals surface area contributed by atoms with Crippen LogP contribution in [-0.4, -0.2) is 58.7 Å². The predicted octanol–water partition coefficient (Wildman–Crippen LogP) is 4.32. The highest BCUT2D eigenvalue weighted by atomic mass is 79.9. The summed E-state index contributed by atoms with van der Waals surface area (Å²) in [5.74, 6) is 0.964. The molecular weight excluding hydrogens is 406 g/mol. The van der Waals surface area contributed by atoms with Crippen molar-refractivity contribution in [1.29, 1.82) is 0 Å². The SMILES string of the molecule is CC(C)c1cc(Br)c(/C(=N/O)N2CCN(C(=O)OC(C)(C)C)CC2)s1. The molecule has 0 atom stereocenters. The second-order valence-electron chi connectivity index (χ2n) is 7.36. The van der Waals surface area contributed by atoms with Gasteiger partial charge in [0.2, 0.25) is 0 Å². The van der Waals surface area contributed by atoms with Gasteiger partial charge in [-0.25, -0.2) is 4.79 Å². The molecule has 0 aliphatic carbocycles. The lowest BCUT2D eigenvalue weighted by Gasteiger charge is -2.36. The number of oxime groups is 1. The summed E-state index contributed by atoms with van der Waals surface area (Å²) in [6.45, 7) is 12.1. The molecule has 0 bridgehead atoms. The Kier molecular flexibility index (Phi) is 6.37. The van der Waals surface area contributed by atoms with Crippen LogP contribution < -0.4 is 0 Å². The summed E-state index contributed by atoms with van der Waals surface area (Å²) in [5, 5.41) is 13.1. The molecule has 0 radical (unpaired) electrons. The summed E-state index contributed by atoms with van der Waals surface area (Å²) in [7, 11) is 0. The summed E-state index contributed by atoms with van der Waals surface area (Å²) < 4.78 is 6.35. The molecule has 1 aliphatic rings. The minimum Gasteiger partial charge on any atom is -0.444 e. The van der Waals surface area contributed by atoms with Gasteiger partial charge in [0.05, 0.1) is 4.88 Å². The molecule has 1 aromatic rings. The van der Waals surface area contributed by atoms with E-state index in [1.54, 1.807) is 16.2 Å². The van der Waals surface area contributed by atoms with E-state index in [0.717, 1.165) is 9.35 Å². The van der Waals surface area contributed by atoms with Crippen LogP contribution in [0.25, 0.3) is 0 Å². The Hall–Kier alpha value is -1.28. The molecular formula is C17H26BrN3O3S. The minimum atomic E-state index is -0.499. The van der Waals surface area contributed by atoms with Crippen molar-refractivity contribution in [2.75, 3.05) is 26.2 Å². The Balaban J connectivity index is 2.05. The second kappa shape index (κ2) is 7.95. The molecule has 0 saturated carbocycles. The molecule has 1 fully saturated rings. The van der Waals surface area contributed by atoms with Gasteiger partial charge in [0.25, 0.3) is 0 Å². The first-order valence-electron chi connectivity index (χ1n) is 8.37. The highest BCUT2D eigenvalue weighted by Gasteiger charge is 2.29. The zero-order valence-corrected chi connectivity index (χ0v) is 17.8. The molecule has 1 amide bonds. The standard InChI is InChI=1S/C17H26BrN3O3S/c1-11(2)13-10-12(18)14(25-13)15(19-23)20-6-8-21(9-7-20)16(22)24-17(3,4)5/h10-11,23H,6-9H2,1-5H3/b19-15-. The normalized spacial score (nSPS) is 16.5. The Morgan fingerprint density at radius 2 is 1.84 bits per heavy atom. The van der Waals surface area contributed by atoms with E-state index in [4.69, 9.17) is 4.74 Å². The van der Waals surface area contributed by atoms with Crippen molar-refractivity contribution >= 4 is 39.2 Å². The summed E-state index contributed by atoms with van der Waals surface area (Å²) in [6.07, 6.45) is -0.297. The van der Waals surface area contributed by atoms with Crippen LogP contribution in [-0.2, 0) is 4.74 Å². The van der Waals surface area contributed by atoms with Gasteiger partial charge in [-0.3, -0.25) is 0 Å². The lowest BCUT2D eigenvalue weighted by molar-refractivity contribution is 0.0186.